The van der Waals surface area contributed by atoms with Crippen LogP contribution in [0, 0.1) is 5.92 Å². The fourth-order valence-electron chi connectivity index (χ4n) is 5.47. The number of aromatic nitrogens is 1. The van der Waals surface area contributed by atoms with Gasteiger partial charge in [0.2, 0.25) is 5.91 Å². The van der Waals surface area contributed by atoms with Gasteiger partial charge in [0.1, 0.15) is 19.0 Å². The van der Waals surface area contributed by atoms with Crippen molar-refractivity contribution in [3.05, 3.63) is 42.6 Å². The van der Waals surface area contributed by atoms with Gasteiger partial charge in [0.15, 0.2) is 11.5 Å². The van der Waals surface area contributed by atoms with E-state index in [9.17, 15) is 4.79 Å². The quantitative estimate of drug-likeness (QED) is 0.645. The predicted molar refractivity (Wildman–Crippen MR) is 134 cm³/mol. The van der Waals surface area contributed by atoms with Crippen LogP contribution < -0.4 is 19.3 Å². The van der Waals surface area contributed by atoms with Crippen LogP contribution in [0.3, 0.4) is 0 Å². The molecule has 2 fully saturated rings. The monoisotopic (exact) mass is 464 g/mol. The number of benzene rings is 1. The summed E-state index contributed by atoms with van der Waals surface area (Å²) < 4.78 is 11.7. The van der Waals surface area contributed by atoms with Crippen LogP contribution in [0.2, 0.25) is 0 Å². The van der Waals surface area contributed by atoms with Crippen molar-refractivity contribution >= 4 is 17.4 Å². The first-order chi connectivity index (χ1) is 16.7. The molecule has 34 heavy (non-hydrogen) atoms. The molecule has 2 aliphatic heterocycles. The van der Waals surface area contributed by atoms with Gasteiger partial charge in [-0.05, 0) is 44.0 Å². The van der Waals surface area contributed by atoms with Crippen molar-refractivity contribution in [3.63, 3.8) is 0 Å². The van der Waals surface area contributed by atoms with Gasteiger partial charge in [0.05, 0.1) is 5.69 Å². The van der Waals surface area contributed by atoms with Gasteiger partial charge in [0, 0.05) is 50.9 Å². The summed E-state index contributed by atoms with van der Waals surface area (Å²) >= 11 is 0. The summed E-state index contributed by atoms with van der Waals surface area (Å²) in [4.78, 5) is 24.9. The lowest BCUT2D eigenvalue weighted by molar-refractivity contribution is -0.123. The number of fused-ring (bicyclic) bond motifs is 1. The first kappa shape index (κ1) is 23.0. The molecule has 1 aliphatic carbocycles. The first-order valence-corrected chi connectivity index (χ1v) is 12.8. The van der Waals surface area contributed by atoms with E-state index in [2.05, 4.69) is 27.8 Å². The minimum atomic E-state index is 0.131. The summed E-state index contributed by atoms with van der Waals surface area (Å²) in [6.45, 7) is 7.84. The van der Waals surface area contributed by atoms with Crippen LogP contribution in [-0.4, -0.2) is 67.8 Å². The molecule has 0 spiro atoms. The second-order valence-electron chi connectivity index (χ2n) is 9.65. The molecule has 1 atom stereocenters. The molecule has 5 rings (SSSR count). The first-order valence-electron chi connectivity index (χ1n) is 12.8. The number of amides is 1. The number of hydrogen-bond donors (Lipinski definition) is 0. The number of rotatable bonds is 6. The van der Waals surface area contributed by atoms with E-state index in [1.807, 2.05) is 35.2 Å². The van der Waals surface area contributed by atoms with Crippen LogP contribution >= 0.6 is 0 Å². The molecule has 0 N–H and O–H groups in total. The summed E-state index contributed by atoms with van der Waals surface area (Å²) in [6.07, 6.45) is 7.34. The van der Waals surface area contributed by atoms with Crippen molar-refractivity contribution in [1.29, 1.82) is 0 Å². The van der Waals surface area contributed by atoms with E-state index in [4.69, 9.17) is 9.47 Å². The van der Waals surface area contributed by atoms with Gasteiger partial charge in [-0.1, -0.05) is 31.4 Å². The third kappa shape index (κ3) is 4.99. The highest BCUT2D eigenvalue weighted by Crippen LogP contribution is 2.39. The Labute approximate surface area is 202 Å². The van der Waals surface area contributed by atoms with E-state index < -0.39 is 0 Å². The molecular weight excluding hydrogens is 428 g/mol. The molecule has 0 radical (unpaired) electrons. The normalized spacial score (nSPS) is 20.1. The van der Waals surface area contributed by atoms with E-state index in [1.54, 1.807) is 6.20 Å². The van der Waals surface area contributed by atoms with Crippen LogP contribution in [0.25, 0.3) is 0 Å². The smallest absolute Gasteiger partial charge is 0.231 e. The largest absolute Gasteiger partial charge is 0.486 e. The van der Waals surface area contributed by atoms with Crippen molar-refractivity contribution in [3.8, 4) is 11.5 Å². The van der Waals surface area contributed by atoms with Gasteiger partial charge in [0.25, 0.3) is 0 Å². The fraction of sp³-hybridized carbons (Fsp3) is 0.556. The zero-order valence-corrected chi connectivity index (χ0v) is 20.2. The molecule has 3 heterocycles. The molecule has 7 heteroatoms. The molecule has 2 aromatic rings. The highest BCUT2D eigenvalue weighted by Gasteiger charge is 2.31. The summed E-state index contributed by atoms with van der Waals surface area (Å²) in [5.74, 6) is 2.86. The molecule has 1 unspecified atom stereocenters. The average Bonchev–Trinajstić information content (AvgIpc) is 2.92. The molecule has 0 bridgehead atoms. The van der Waals surface area contributed by atoms with Gasteiger partial charge in [-0.2, -0.15) is 0 Å². The number of nitrogens with zero attached hydrogens (tertiary/aromatic N) is 4. The van der Waals surface area contributed by atoms with Crippen molar-refractivity contribution in [2.45, 2.75) is 45.1 Å². The summed E-state index contributed by atoms with van der Waals surface area (Å²) in [5.41, 5.74) is 1.12. The van der Waals surface area contributed by atoms with Crippen LogP contribution in [0.15, 0.2) is 42.6 Å². The second kappa shape index (κ2) is 10.6. The van der Waals surface area contributed by atoms with Crippen molar-refractivity contribution in [2.24, 2.45) is 5.92 Å². The van der Waals surface area contributed by atoms with Gasteiger partial charge in [-0.25, -0.2) is 4.98 Å². The zero-order chi connectivity index (χ0) is 23.3. The molecule has 182 valence electrons. The van der Waals surface area contributed by atoms with E-state index in [1.165, 1.54) is 6.42 Å². The lowest BCUT2D eigenvalue weighted by Crippen LogP contribution is -2.53. The Bertz CT molecular complexity index is 956. The summed E-state index contributed by atoms with van der Waals surface area (Å²) in [7, 11) is 0. The van der Waals surface area contributed by atoms with E-state index in [-0.39, 0.29) is 17.9 Å². The van der Waals surface area contributed by atoms with Crippen LogP contribution in [0.5, 0.6) is 11.5 Å². The molecule has 1 aromatic carbocycles. The maximum atomic E-state index is 13.5. The van der Waals surface area contributed by atoms with Crippen molar-refractivity contribution in [2.75, 3.05) is 55.7 Å². The maximum absolute atomic E-state index is 13.5. The highest BCUT2D eigenvalue weighted by atomic mass is 16.6. The minimum absolute atomic E-state index is 0.131. The molecule has 1 aromatic heterocycles. The second-order valence-corrected chi connectivity index (χ2v) is 9.65. The van der Waals surface area contributed by atoms with E-state index in [0.29, 0.717) is 19.8 Å². The fourth-order valence-corrected chi connectivity index (χ4v) is 5.47. The molecular formula is C27H36N4O3. The van der Waals surface area contributed by atoms with Crippen LogP contribution in [-0.2, 0) is 4.79 Å². The molecule has 1 saturated heterocycles. The van der Waals surface area contributed by atoms with Gasteiger partial charge < -0.3 is 14.4 Å². The Kier molecular flexibility index (Phi) is 7.19. The number of piperazine rings is 1. The molecule has 3 aliphatic rings. The number of para-hydroxylation sites is 1. The predicted octanol–water partition coefficient (Wildman–Crippen LogP) is 3.98. The number of hydrogen-bond acceptors (Lipinski definition) is 6. The Morgan fingerprint density at radius 3 is 2.59 bits per heavy atom. The third-order valence-corrected chi connectivity index (χ3v) is 7.42. The average molecular weight is 465 g/mol. The minimum Gasteiger partial charge on any atom is -0.486 e. The number of pyridine rings is 1. The number of carbonyl (C=O) groups excluding carboxylic acids is 1. The van der Waals surface area contributed by atoms with Crippen molar-refractivity contribution in [1.82, 2.24) is 9.88 Å². The molecule has 1 amide bonds. The highest BCUT2D eigenvalue weighted by molar-refractivity contribution is 5.94. The summed E-state index contributed by atoms with van der Waals surface area (Å²) in [5, 5.41) is 0. The maximum Gasteiger partial charge on any atom is 0.231 e. The topological polar surface area (TPSA) is 58.1 Å². The van der Waals surface area contributed by atoms with E-state index >= 15 is 0 Å². The Morgan fingerprint density at radius 2 is 1.82 bits per heavy atom. The van der Waals surface area contributed by atoms with Gasteiger partial charge in [-0.15, -0.1) is 0 Å². The van der Waals surface area contributed by atoms with Crippen LogP contribution in [0.4, 0.5) is 11.5 Å². The van der Waals surface area contributed by atoms with E-state index in [0.717, 1.165) is 74.9 Å². The number of ether oxygens (including phenoxy) is 2. The van der Waals surface area contributed by atoms with Gasteiger partial charge in [-0.3, -0.25) is 14.6 Å². The van der Waals surface area contributed by atoms with Crippen LogP contribution in [0.1, 0.15) is 39.0 Å². The third-order valence-electron chi connectivity index (χ3n) is 7.42. The Morgan fingerprint density at radius 1 is 1.03 bits per heavy atom. The standard InChI is InChI=1S/C27H36N4O3/c1-21(20-31(25-12-5-6-13-28-25)27(32)22-8-3-2-4-9-22)29-14-16-30(17-15-29)23-10-7-11-24-26(23)34-19-18-33-24/h5-7,10-13,21-22H,2-4,8-9,14-20H2,1H3. The lowest BCUT2D eigenvalue weighted by Gasteiger charge is -2.41. The zero-order valence-electron chi connectivity index (χ0n) is 20.2. The summed E-state index contributed by atoms with van der Waals surface area (Å²) in [6, 6.07) is 12.2. The van der Waals surface area contributed by atoms with Crippen molar-refractivity contribution < 1.29 is 14.3 Å². The Hall–Kier alpha value is -2.80. The Balaban J connectivity index is 1.24. The molecule has 7 nitrogen and oxygen atoms in total. The van der Waals surface area contributed by atoms with Gasteiger partial charge >= 0.3 is 0 Å². The SMILES string of the molecule is CC(CN(C(=O)C1CCCCC1)c1ccccn1)N1CCN(c2cccc3c2OCCO3)CC1. The molecule has 1 saturated carbocycles. The number of anilines is 2. The number of carbonyl (C=O) groups is 1. The lowest BCUT2D eigenvalue weighted by atomic mass is 9.88.